The highest BCUT2D eigenvalue weighted by atomic mass is 35.5. The molecule has 0 atom stereocenters. The average molecular weight is 966 g/mol. The Bertz CT molecular complexity index is 3250. The second-order valence-corrected chi connectivity index (χ2v) is 27.3. The van der Waals surface area contributed by atoms with Crippen LogP contribution in [0.1, 0.15) is 158 Å². The minimum absolute atomic E-state index is 0.00884. The summed E-state index contributed by atoms with van der Waals surface area (Å²) in [4.78, 5) is 8.18. The van der Waals surface area contributed by atoms with Gasteiger partial charge in [-0.1, -0.05) is 233 Å². The fraction of sp³-hybridized carbons (Fsp3) is 0.364. The van der Waals surface area contributed by atoms with E-state index >= 15 is 0 Å². The van der Waals surface area contributed by atoms with E-state index in [9.17, 15) is 0 Å². The first-order valence-corrected chi connectivity index (χ1v) is 26.1. The molecule has 4 heteroatoms. The Morgan fingerprint density at radius 3 is 0.871 bits per heavy atom. The lowest BCUT2D eigenvalue weighted by molar-refractivity contribution is 0.568. The molecule has 70 heavy (non-hydrogen) atoms. The van der Waals surface area contributed by atoms with Gasteiger partial charge in [-0.2, -0.15) is 0 Å². The van der Waals surface area contributed by atoms with Gasteiger partial charge in [-0.3, -0.25) is 0 Å². The van der Waals surface area contributed by atoms with Crippen LogP contribution >= 0.6 is 23.2 Å². The molecule has 0 saturated carbocycles. The van der Waals surface area contributed by atoms with Crippen molar-refractivity contribution in [1.29, 1.82) is 0 Å². The summed E-state index contributed by atoms with van der Waals surface area (Å²) in [5, 5.41) is 5.94. The van der Waals surface area contributed by atoms with E-state index in [0.29, 0.717) is 0 Å². The van der Waals surface area contributed by atoms with Crippen LogP contribution in [-0.2, 0) is 32.5 Å². The molecule has 0 radical (unpaired) electrons. The number of hydrogen-bond donors (Lipinski definition) is 2. The van der Waals surface area contributed by atoms with Gasteiger partial charge >= 0.3 is 0 Å². The Balaban J connectivity index is 1.43. The fourth-order valence-corrected chi connectivity index (χ4v) is 10.7. The molecule has 0 unspecified atom stereocenters. The molecule has 0 aliphatic heterocycles. The number of rotatable bonds is 4. The zero-order valence-electron chi connectivity index (χ0n) is 45.1. The number of fused-ring (bicyclic) bond motifs is 6. The van der Waals surface area contributed by atoms with Crippen molar-refractivity contribution in [2.75, 3.05) is 0 Å². The Hall–Kier alpha value is -5.28. The van der Waals surface area contributed by atoms with Crippen LogP contribution < -0.4 is 0 Å². The van der Waals surface area contributed by atoms with Gasteiger partial charge in [-0.15, -0.1) is 0 Å². The van der Waals surface area contributed by atoms with Crippen LogP contribution in [0.4, 0.5) is 0 Å². The van der Waals surface area contributed by atoms with Gasteiger partial charge in [0.05, 0.1) is 11.0 Å². The molecule has 0 fully saturated rings. The van der Waals surface area contributed by atoms with Gasteiger partial charge in [-0.25, -0.2) is 0 Å². The molecule has 9 aromatic rings. The highest BCUT2D eigenvalue weighted by molar-refractivity contribution is 6.39. The number of halogens is 2. The Morgan fingerprint density at radius 2 is 0.600 bits per heavy atom. The van der Waals surface area contributed by atoms with Crippen molar-refractivity contribution in [3.8, 4) is 44.5 Å². The SMILES string of the molecule is CC(C)(C)c1cc(-c2ccc3c(c2)[nH]c2c(-c4ccc(C(C)(C)C)cc4Cl)c4c([nH]c5cc(-c6cc(C(C)(C)C)cc(C(C)(C)C)c6)ccc54)c(-c4ccc(C(C)(C)C)cc4Cl)c23)cc(C(C)(C)C)c1. The summed E-state index contributed by atoms with van der Waals surface area (Å²) < 4.78 is 0. The molecule has 0 spiro atoms. The monoisotopic (exact) mass is 965 g/mol. The lowest BCUT2D eigenvalue weighted by atomic mass is 9.79. The van der Waals surface area contributed by atoms with E-state index in [0.717, 1.165) is 75.9 Å². The minimum atomic E-state index is -0.0738. The van der Waals surface area contributed by atoms with E-state index in [1.165, 1.54) is 55.6 Å². The van der Waals surface area contributed by atoms with Crippen LogP contribution in [0.25, 0.3) is 88.1 Å². The highest BCUT2D eigenvalue weighted by Gasteiger charge is 2.29. The molecule has 0 saturated heterocycles. The Labute approximate surface area is 428 Å². The third-order valence-corrected chi connectivity index (χ3v) is 15.4. The standard InChI is InChI=1S/C66H74Cl2N2/c1-61(2,3)41-21-25-47(51(67)35-41)55-57-49-23-19-37(39-27-43(63(7,8)9)33-44(28-39)64(10,11)12)31-53(49)70-60(57)56(48-26-22-42(36-52(48)68)62(4,5)6)58-50-24-20-38(32-54(50)69-59(55)58)40-29-45(65(13,14)15)34-46(30-40)66(16,17)18/h19-36,69-70H,1-18H3. The highest BCUT2D eigenvalue weighted by Crippen LogP contribution is 2.52. The van der Waals surface area contributed by atoms with E-state index < -0.39 is 0 Å². The van der Waals surface area contributed by atoms with Crippen LogP contribution in [0.5, 0.6) is 0 Å². The normalized spacial score (nSPS) is 13.4. The second-order valence-electron chi connectivity index (χ2n) is 26.5. The maximum absolute atomic E-state index is 7.60. The van der Waals surface area contributed by atoms with E-state index in [1.54, 1.807) is 0 Å². The van der Waals surface area contributed by atoms with Crippen molar-refractivity contribution in [1.82, 2.24) is 9.97 Å². The van der Waals surface area contributed by atoms with E-state index in [-0.39, 0.29) is 32.5 Å². The second kappa shape index (κ2) is 16.6. The van der Waals surface area contributed by atoms with Crippen molar-refractivity contribution in [3.05, 3.63) is 153 Å². The lowest BCUT2D eigenvalue weighted by Gasteiger charge is -2.26. The summed E-state index contributed by atoms with van der Waals surface area (Å²) in [6.45, 7) is 41.1. The molecule has 0 bridgehead atoms. The van der Waals surface area contributed by atoms with Gasteiger partial charge < -0.3 is 9.97 Å². The predicted octanol–water partition coefficient (Wildman–Crippen LogP) is 20.7. The zero-order valence-corrected chi connectivity index (χ0v) is 46.7. The van der Waals surface area contributed by atoms with Crippen LogP contribution in [0.3, 0.4) is 0 Å². The zero-order chi connectivity index (χ0) is 51.0. The van der Waals surface area contributed by atoms with Gasteiger partial charge in [0.1, 0.15) is 0 Å². The van der Waals surface area contributed by atoms with Crippen molar-refractivity contribution >= 4 is 66.8 Å². The molecule has 0 aliphatic rings. The molecular formula is C66H74Cl2N2. The van der Waals surface area contributed by atoms with E-state index in [2.05, 4.69) is 244 Å². The van der Waals surface area contributed by atoms with Crippen LogP contribution in [0.15, 0.2) is 109 Å². The maximum atomic E-state index is 7.60. The summed E-state index contributed by atoms with van der Waals surface area (Å²) in [6.07, 6.45) is 0. The molecule has 362 valence electrons. The topological polar surface area (TPSA) is 31.6 Å². The minimum Gasteiger partial charge on any atom is -0.354 e. The van der Waals surface area contributed by atoms with Crippen molar-refractivity contribution in [2.24, 2.45) is 0 Å². The smallest absolute Gasteiger partial charge is 0.0559 e. The lowest BCUT2D eigenvalue weighted by Crippen LogP contribution is -2.16. The van der Waals surface area contributed by atoms with Crippen molar-refractivity contribution in [3.63, 3.8) is 0 Å². The molecule has 7 aromatic carbocycles. The molecule has 2 nitrogen and oxygen atoms in total. The number of hydrogen-bond acceptors (Lipinski definition) is 0. The largest absolute Gasteiger partial charge is 0.354 e. The van der Waals surface area contributed by atoms with E-state index in [4.69, 9.17) is 23.2 Å². The fourth-order valence-electron chi connectivity index (χ4n) is 10.1. The predicted molar refractivity (Wildman–Crippen MR) is 309 cm³/mol. The van der Waals surface area contributed by atoms with Gasteiger partial charge in [0.15, 0.2) is 0 Å². The third-order valence-electron chi connectivity index (χ3n) is 14.8. The summed E-state index contributed by atoms with van der Waals surface area (Å²) in [5.41, 5.74) is 20.6. The van der Waals surface area contributed by atoms with Crippen LogP contribution in [0, 0.1) is 0 Å². The summed E-state index contributed by atoms with van der Waals surface area (Å²) in [6, 6.07) is 41.6. The number of aromatic amines is 2. The Kier molecular flexibility index (Phi) is 11.8. The Morgan fingerprint density at radius 1 is 0.300 bits per heavy atom. The van der Waals surface area contributed by atoms with E-state index in [1.807, 2.05) is 0 Å². The first-order valence-electron chi connectivity index (χ1n) is 25.3. The van der Waals surface area contributed by atoms with Gasteiger partial charge in [0, 0.05) is 64.9 Å². The average Bonchev–Trinajstić information content (AvgIpc) is 3.82. The molecule has 2 heterocycles. The van der Waals surface area contributed by atoms with Gasteiger partial charge in [-0.05, 0) is 112 Å². The summed E-state index contributed by atoms with van der Waals surface area (Å²) >= 11 is 15.2. The van der Waals surface area contributed by atoms with Crippen molar-refractivity contribution in [2.45, 2.75) is 157 Å². The molecule has 0 aliphatic carbocycles. The van der Waals surface area contributed by atoms with Crippen molar-refractivity contribution < 1.29 is 0 Å². The number of benzene rings is 7. The maximum Gasteiger partial charge on any atom is 0.0559 e. The van der Waals surface area contributed by atoms with Gasteiger partial charge in [0.2, 0.25) is 0 Å². The van der Waals surface area contributed by atoms with Crippen LogP contribution in [0.2, 0.25) is 10.0 Å². The third kappa shape index (κ3) is 9.02. The van der Waals surface area contributed by atoms with Gasteiger partial charge in [0.25, 0.3) is 0 Å². The first-order chi connectivity index (χ1) is 32.3. The number of aromatic nitrogens is 2. The quantitative estimate of drug-likeness (QED) is 0.176. The van der Waals surface area contributed by atoms with Crippen LogP contribution in [-0.4, -0.2) is 9.97 Å². The number of nitrogens with one attached hydrogen (secondary N) is 2. The summed E-state index contributed by atoms with van der Waals surface area (Å²) in [5.74, 6) is 0. The number of H-pyrrole nitrogens is 2. The molecule has 2 N–H and O–H groups in total. The molecule has 9 rings (SSSR count). The molecular weight excluding hydrogens is 892 g/mol. The molecule has 0 amide bonds. The summed E-state index contributed by atoms with van der Waals surface area (Å²) in [7, 11) is 0. The molecule has 2 aromatic heterocycles. The first kappa shape index (κ1) is 49.7.